The summed E-state index contributed by atoms with van der Waals surface area (Å²) in [5, 5.41) is 4.66. The van der Waals surface area contributed by atoms with E-state index < -0.39 is 0 Å². The van der Waals surface area contributed by atoms with Crippen LogP contribution in [0.25, 0.3) is 0 Å². The van der Waals surface area contributed by atoms with Gasteiger partial charge in [0.1, 0.15) is 5.82 Å². The lowest BCUT2D eigenvalue weighted by molar-refractivity contribution is 0.141. The molecule has 1 unspecified atom stereocenters. The number of piperazine rings is 1. The molecule has 0 saturated carbocycles. The summed E-state index contributed by atoms with van der Waals surface area (Å²) in [5.74, 6) is 1.96. The molecule has 27 heavy (non-hydrogen) atoms. The summed E-state index contributed by atoms with van der Waals surface area (Å²) in [6.45, 7) is 9.88. The summed E-state index contributed by atoms with van der Waals surface area (Å²) < 4.78 is 9.65. The first-order valence-corrected chi connectivity index (χ1v) is 10.8. The number of aryl methyl sites for hydroxylation is 1. The van der Waals surface area contributed by atoms with Crippen LogP contribution >= 0.6 is 11.5 Å². The van der Waals surface area contributed by atoms with Crippen molar-refractivity contribution in [2.75, 3.05) is 71.5 Å². The van der Waals surface area contributed by atoms with E-state index in [1.807, 2.05) is 7.05 Å². The van der Waals surface area contributed by atoms with E-state index in [0.29, 0.717) is 6.04 Å². The molecular formula is C18H33N7OS. The number of aromatic nitrogens is 2. The molecule has 0 amide bonds. The molecule has 2 aliphatic heterocycles. The summed E-state index contributed by atoms with van der Waals surface area (Å²) in [7, 11) is 3.65. The lowest BCUT2D eigenvalue weighted by Crippen LogP contribution is -2.54. The lowest BCUT2D eigenvalue weighted by Gasteiger charge is -2.36. The number of nitrogens with zero attached hydrogens (tertiary/aromatic N) is 6. The van der Waals surface area contributed by atoms with E-state index in [-0.39, 0.29) is 0 Å². The Morgan fingerprint density at radius 2 is 2.11 bits per heavy atom. The molecule has 0 radical (unpaired) electrons. The summed E-state index contributed by atoms with van der Waals surface area (Å²) in [6, 6.07) is 0.576. The Balaban J connectivity index is 1.46. The SMILES string of the molecule is CCc1nsc(N2CCN(C(=NC)NCC3CCCN3CCOC)CC2)n1. The standard InChI is InChI=1S/C18H33N7OS/c1-4-16-21-18(27-22-16)25-10-8-24(9-11-25)17(19-2)20-14-15-6-5-7-23(15)12-13-26-3/h15H,4-14H2,1-3H3,(H,19,20). The van der Waals surface area contributed by atoms with Crippen LogP contribution in [0.3, 0.4) is 0 Å². The molecule has 9 heteroatoms. The minimum Gasteiger partial charge on any atom is -0.383 e. The molecule has 1 N–H and O–H groups in total. The zero-order valence-corrected chi connectivity index (χ0v) is 17.7. The van der Waals surface area contributed by atoms with Crippen molar-refractivity contribution in [3.63, 3.8) is 0 Å². The first-order valence-electron chi connectivity index (χ1n) is 10.0. The van der Waals surface area contributed by atoms with Crippen LogP contribution in [0, 0.1) is 0 Å². The maximum atomic E-state index is 5.24. The third-order valence-electron chi connectivity index (χ3n) is 5.41. The highest BCUT2D eigenvalue weighted by Crippen LogP contribution is 2.19. The highest BCUT2D eigenvalue weighted by atomic mass is 32.1. The van der Waals surface area contributed by atoms with Crippen molar-refractivity contribution in [3.05, 3.63) is 5.82 Å². The van der Waals surface area contributed by atoms with Gasteiger partial charge in [-0.2, -0.15) is 4.37 Å². The van der Waals surface area contributed by atoms with Gasteiger partial charge in [0.2, 0.25) is 5.13 Å². The van der Waals surface area contributed by atoms with Crippen molar-refractivity contribution in [3.8, 4) is 0 Å². The molecule has 3 heterocycles. The number of hydrogen-bond acceptors (Lipinski definition) is 7. The minimum absolute atomic E-state index is 0.576. The quantitative estimate of drug-likeness (QED) is 0.544. The summed E-state index contributed by atoms with van der Waals surface area (Å²) in [4.78, 5) is 16.4. The van der Waals surface area contributed by atoms with Gasteiger partial charge >= 0.3 is 0 Å². The first-order chi connectivity index (χ1) is 13.2. The van der Waals surface area contributed by atoms with Crippen LogP contribution in [-0.4, -0.2) is 97.7 Å². The highest BCUT2D eigenvalue weighted by molar-refractivity contribution is 7.09. The maximum absolute atomic E-state index is 5.24. The third-order valence-corrected chi connectivity index (χ3v) is 6.23. The molecule has 1 aromatic rings. The van der Waals surface area contributed by atoms with Gasteiger partial charge in [-0.3, -0.25) is 9.89 Å². The molecule has 152 valence electrons. The highest BCUT2D eigenvalue weighted by Gasteiger charge is 2.26. The fraction of sp³-hybridized carbons (Fsp3) is 0.833. The molecule has 2 saturated heterocycles. The topological polar surface area (TPSA) is 69.1 Å². The van der Waals surface area contributed by atoms with Gasteiger partial charge < -0.3 is 19.9 Å². The van der Waals surface area contributed by atoms with Gasteiger partial charge in [0.15, 0.2) is 5.96 Å². The second kappa shape index (κ2) is 10.2. The number of aliphatic imine (C=N–C) groups is 1. The number of rotatable bonds is 7. The molecule has 1 aromatic heterocycles. The van der Waals surface area contributed by atoms with Crippen molar-refractivity contribution in [1.29, 1.82) is 0 Å². The molecule has 0 aliphatic carbocycles. The Kier molecular flexibility index (Phi) is 7.66. The monoisotopic (exact) mass is 395 g/mol. The largest absolute Gasteiger partial charge is 0.383 e. The zero-order chi connectivity index (χ0) is 19.1. The number of anilines is 1. The van der Waals surface area contributed by atoms with Crippen LogP contribution in [0.2, 0.25) is 0 Å². The van der Waals surface area contributed by atoms with E-state index in [1.165, 1.54) is 30.9 Å². The molecular weight excluding hydrogens is 362 g/mol. The number of ether oxygens (including phenoxy) is 1. The van der Waals surface area contributed by atoms with Crippen molar-refractivity contribution in [2.45, 2.75) is 32.2 Å². The maximum Gasteiger partial charge on any atom is 0.205 e. The molecule has 1 atom stereocenters. The fourth-order valence-corrected chi connectivity index (χ4v) is 4.60. The Labute approximate surface area is 166 Å². The van der Waals surface area contributed by atoms with E-state index in [9.17, 15) is 0 Å². The zero-order valence-electron chi connectivity index (χ0n) is 16.9. The third kappa shape index (κ3) is 5.30. The van der Waals surface area contributed by atoms with Crippen molar-refractivity contribution < 1.29 is 4.74 Å². The van der Waals surface area contributed by atoms with Gasteiger partial charge in [-0.05, 0) is 19.4 Å². The van der Waals surface area contributed by atoms with E-state index in [2.05, 4.69) is 41.3 Å². The number of nitrogens with one attached hydrogen (secondary N) is 1. The van der Waals surface area contributed by atoms with E-state index in [1.54, 1.807) is 7.11 Å². The second-order valence-corrected chi connectivity index (χ2v) is 7.80. The van der Waals surface area contributed by atoms with Crippen molar-refractivity contribution in [2.24, 2.45) is 4.99 Å². The first kappa shape index (κ1) is 20.3. The van der Waals surface area contributed by atoms with Gasteiger partial charge in [0.25, 0.3) is 0 Å². The molecule has 2 aliphatic rings. The van der Waals surface area contributed by atoms with Crippen LogP contribution in [0.5, 0.6) is 0 Å². The Bertz CT molecular complexity index is 600. The molecule has 3 rings (SSSR count). The van der Waals surface area contributed by atoms with Crippen molar-refractivity contribution >= 4 is 22.6 Å². The average molecular weight is 396 g/mol. The number of likely N-dealkylation sites (tertiary alicyclic amines) is 1. The van der Waals surface area contributed by atoms with Gasteiger partial charge in [-0.15, -0.1) is 0 Å². The van der Waals surface area contributed by atoms with Gasteiger partial charge in [-0.1, -0.05) is 6.92 Å². The van der Waals surface area contributed by atoms with Gasteiger partial charge in [0, 0.05) is 77.4 Å². The van der Waals surface area contributed by atoms with E-state index >= 15 is 0 Å². The van der Waals surface area contributed by atoms with Gasteiger partial charge in [-0.25, -0.2) is 4.98 Å². The van der Waals surface area contributed by atoms with Crippen LogP contribution in [0.1, 0.15) is 25.6 Å². The van der Waals surface area contributed by atoms with Crippen LogP contribution in [0.4, 0.5) is 5.13 Å². The van der Waals surface area contributed by atoms with Crippen LogP contribution in [0.15, 0.2) is 4.99 Å². The summed E-state index contributed by atoms with van der Waals surface area (Å²) in [6.07, 6.45) is 3.42. The Morgan fingerprint density at radius 3 is 2.78 bits per heavy atom. The molecule has 0 spiro atoms. The predicted molar refractivity (Wildman–Crippen MR) is 111 cm³/mol. The van der Waals surface area contributed by atoms with E-state index in [0.717, 1.165) is 69.2 Å². The fourth-order valence-electron chi connectivity index (χ4n) is 3.80. The number of hydrogen-bond donors (Lipinski definition) is 1. The van der Waals surface area contributed by atoms with E-state index in [4.69, 9.17) is 4.74 Å². The van der Waals surface area contributed by atoms with Crippen molar-refractivity contribution in [1.82, 2.24) is 24.5 Å². The second-order valence-electron chi connectivity index (χ2n) is 7.07. The number of methoxy groups -OCH3 is 1. The smallest absolute Gasteiger partial charge is 0.205 e. The van der Waals surface area contributed by atoms with Crippen LogP contribution < -0.4 is 10.2 Å². The molecule has 2 fully saturated rings. The Hall–Kier alpha value is -1.45. The molecule has 0 bridgehead atoms. The normalized spacial score (nSPS) is 21.9. The van der Waals surface area contributed by atoms with Gasteiger partial charge in [0.05, 0.1) is 6.61 Å². The number of guanidine groups is 1. The minimum atomic E-state index is 0.576. The average Bonchev–Trinajstić information content (AvgIpc) is 3.36. The Morgan fingerprint density at radius 1 is 1.30 bits per heavy atom. The predicted octanol–water partition coefficient (Wildman–Crippen LogP) is 0.909. The lowest BCUT2D eigenvalue weighted by atomic mass is 10.2. The molecule has 0 aromatic carbocycles. The summed E-state index contributed by atoms with van der Waals surface area (Å²) >= 11 is 1.51. The summed E-state index contributed by atoms with van der Waals surface area (Å²) in [5.41, 5.74) is 0. The molecule has 8 nitrogen and oxygen atoms in total. The van der Waals surface area contributed by atoms with Crippen LogP contribution in [-0.2, 0) is 11.2 Å².